The summed E-state index contributed by atoms with van der Waals surface area (Å²) in [5.41, 5.74) is 3.82. The van der Waals surface area contributed by atoms with Crippen LogP contribution in [-0.2, 0) is 43.9 Å². The third-order valence-electron chi connectivity index (χ3n) is 9.79. The Labute approximate surface area is 268 Å². The molecule has 7 heterocycles. The number of H-pyrrole nitrogens is 1. The van der Waals surface area contributed by atoms with E-state index in [2.05, 4.69) is 29.9 Å². The summed E-state index contributed by atoms with van der Waals surface area (Å²) in [4.78, 5) is 58.5. The van der Waals surface area contributed by atoms with Crippen LogP contribution in [0.2, 0.25) is 0 Å². The van der Waals surface area contributed by atoms with E-state index < -0.39 is 81.0 Å². The van der Waals surface area contributed by atoms with Crippen molar-refractivity contribution in [1.82, 2.24) is 39.0 Å². The van der Waals surface area contributed by atoms with Crippen LogP contribution in [0.4, 0.5) is 5.82 Å². The van der Waals surface area contributed by atoms with Crippen LogP contribution in [0.25, 0.3) is 22.3 Å². The van der Waals surface area contributed by atoms with Gasteiger partial charge in [-0.3, -0.25) is 18.4 Å². The van der Waals surface area contributed by atoms with E-state index in [1.165, 1.54) is 23.5 Å². The molecule has 250 valence electrons. The number of hydrogen-bond donors (Lipinski definition) is 5. The summed E-state index contributed by atoms with van der Waals surface area (Å²) >= 11 is 5.43. The summed E-state index contributed by atoms with van der Waals surface area (Å²) in [6, 6.07) is -0.692. The minimum atomic E-state index is -4.84. The van der Waals surface area contributed by atoms with E-state index >= 15 is 0 Å². The number of aromatic amines is 1. The van der Waals surface area contributed by atoms with Crippen molar-refractivity contribution >= 4 is 54.5 Å². The standard InChI is InChI=1S/C24H27N9O11P2S/c1-9-30-20-12(21(35)31-9)29-8-33(20)22-15-17-24(42-22,4-39-15)5-41-46(38,47)44-16-14(34)13(10-2-23(10,16)3-40-45(36,37)43-17)32-7-28-11-18(25)26-6-27-19(11)32/h6-8,10,13-17,22,34H,2-5H2,1H3,(H,36,37)(H,38,47)(H2,25,26,27)(H,30,31,35)/t10-,13-,14+,15-,16+,17+,22-,23-,24-,46?/m1/s1. The Hall–Kier alpha value is -2.78. The summed E-state index contributed by atoms with van der Waals surface area (Å²) in [7, 11) is -4.84. The Kier molecular flexibility index (Phi) is 6.38. The Morgan fingerprint density at radius 3 is 2.66 bits per heavy atom. The van der Waals surface area contributed by atoms with Crippen molar-refractivity contribution in [2.45, 2.75) is 55.6 Å². The van der Waals surface area contributed by atoms with Gasteiger partial charge in [0.1, 0.15) is 47.7 Å². The van der Waals surface area contributed by atoms with Gasteiger partial charge in [-0.15, -0.1) is 0 Å². The summed E-state index contributed by atoms with van der Waals surface area (Å²) in [6.07, 6.45) is -1.31. The van der Waals surface area contributed by atoms with Crippen molar-refractivity contribution in [3.63, 3.8) is 0 Å². The zero-order chi connectivity index (χ0) is 32.7. The van der Waals surface area contributed by atoms with Crippen LogP contribution in [0, 0.1) is 18.3 Å². The first-order valence-electron chi connectivity index (χ1n) is 14.5. The largest absolute Gasteiger partial charge is 0.472 e. The quantitative estimate of drug-likeness (QED) is 0.165. The summed E-state index contributed by atoms with van der Waals surface area (Å²) in [5.74, 6) is 0.118. The average molecular weight is 712 g/mol. The first-order chi connectivity index (χ1) is 22.3. The van der Waals surface area contributed by atoms with Gasteiger partial charge in [-0.1, -0.05) is 0 Å². The van der Waals surface area contributed by atoms with Crippen LogP contribution >= 0.6 is 14.5 Å². The first kappa shape index (κ1) is 30.3. The number of nitrogens with zero attached hydrogens (tertiary/aromatic N) is 7. The topological polar surface area (TPSA) is 266 Å². The van der Waals surface area contributed by atoms with Crippen molar-refractivity contribution in [3.05, 3.63) is 35.2 Å². The number of phosphoric ester groups is 1. The lowest BCUT2D eigenvalue weighted by Gasteiger charge is -2.35. The highest BCUT2D eigenvalue weighted by Crippen LogP contribution is 2.72. The fourth-order valence-electron chi connectivity index (χ4n) is 7.60. The maximum atomic E-state index is 13.6. The first-order valence-corrected chi connectivity index (χ1v) is 18.6. The average Bonchev–Trinajstić information content (AvgIpc) is 3.43. The number of aliphatic hydroxyl groups excluding tert-OH is 1. The van der Waals surface area contributed by atoms with Crippen molar-refractivity contribution < 1.29 is 47.0 Å². The molecule has 20 nitrogen and oxygen atoms in total. The number of phosphoric acid groups is 1. The van der Waals surface area contributed by atoms with Crippen molar-refractivity contribution in [2.24, 2.45) is 11.3 Å². The third-order valence-corrected chi connectivity index (χ3v) is 12.3. The van der Waals surface area contributed by atoms with Crippen LogP contribution < -0.4 is 11.3 Å². The molecule has 0 radical (unpaired) electrons. The molecule has 3 saturated heterocycles. The zero-order valence-electron chi connectivity index (χ0n) is 24.2. The lowest BCUT2D eigenvalue weighted by Crippen LogP contribution is -2.46. The van der Waals surface area contributed by atoms with E-state index in [-0.39, 0.29) is 29.5 Å². The zero-order valence-corrected chi connectivity index (χ0v) is 26.8. The molecule has 23 heteroatoms. The molecule has 0 amide bonds. The van der Waals surface area contributed by atoms with Crippen molar-refractivity contribution in [1.29, 1.82) is 0 Å². The van der Waals surface area contributed by atoms with Gasteiger partial charge in [0.05, 0.1) is 38.5 Å². The maximum absolute atomic E-state index is 13.6. The molecule has 11 atom stereocenters. The highest BCUT2D eigenvalue weighted by atomic mass is 32.5. The SMILES string of the molecule is Cc1nc2c(ncn2[C@@H]2O[C@@]34CO[C@@H]2[C@@H]3OP(=O)(O)OC[C@]23C[C@@H]2[C@@H](n2cnc5c(N)ncnc52)[C@H](O)[C@@H]3OP(O)(=S)OC4)c(=O)[nH]1. The predicted molar refractivity (Wildman–Crippen MR) is 159 cm³/mol. The summed E-state index contributed by atoms with van der Waals surface area (Å²) < 4.78 is 52.2. The lowest BCUT2D eigenvalue weighted by molar-refractivity contribution is -0.183. The van der Waals surface area contributed by atoms with Gasteiger partial charge in [0.25, 0.3) is 5.56 Å². The lowest BCUT2D eigenvalue weighted by atomic mass is 10.0. The van der Waals surface area contributed by atoms with Crippen molar-refractivity contribution in [2.75, 3.05) is 25.6 Å². The fraction of sp³-hybridized carbons (Fsp3) is 0.583. The summed E-state index contributed by atoms with van der Waals surface area (Å²) in [5, 5.41) is 11.6. The van der Waals surface area contributed by atoms with Crippen LogP contribution in [-0.4, -0.2) is 104 Å². The number of anilines is 1. The monoisotopic (exact) mass is 711 g/mol. The Bertz CT molecular complexity index is 2130. The molecule has 2 unspecified atom stereocenters. The second-order valence-electron chi connectivity index (χ2n) is 12.5. The molecule has 5 aliphatic rings. The molecule has 1 spiro atoms. The molecular formula is C24H27N9O11P2S. The van der Waals surface area contributed by atoms with E-state index in [1.807, 2.05) is 0 Å². The Morgan fingerprint density at radius 1 is 1.04 bits per heavy atom. The maximum Gasteiger partial charge on any atom is 0.472 e. The number of rotatable bonds is 2. The molecule has 5 fully saturated rings. The van der Waals surface area contributed by atoms with E-state index in [4.69, 9.17) is 45.1 Å². The van der Waals surface area contributed by atoms with Gasteiger partial charge >= 0.3 is 14.5 Å². The van der Waals surface area contributed by atoms with Gasteiger partial charge in [0.2, 0.25) is 0 Å². The molecular weight excluding hydrogens is 684 g/mol. The number of aromatic nitrogens is 8. The van der Waals surface area contributed by atoms with Crippen LogP contribution in [0.1, 0.15) is 24.5 Å². The number of nitrogen functional groups attached to an aromatic ring is 1. The minimum Gasteiger partial charge on any atom is -0.388 e. The highest BCUT2D eigenvalue weighted by Gasteiger charge is 2.74. The fourth-order valence-corrected chi connectivity index (χ4v) is 10.2. The normalized spacial score (nSPS) is 42.9. The Balaban J connectivity index is 1.05. The van der Waals surface area contributed by atoms with Gasteiger partial charge < -0.3 is 48.7 Å². The smallest absolute Gasteiger partial charge is 0.388 e. The van der Waals surface area contributed by atoms with Gasteiger partial charge in [0.15, 0.2) is 28.9 Å². The molecule has 2 bridgehead atoms. The second-order valence-corrected chi connectivity index (χ2v) is 16.7. The van der Waals surface area contributed by atoms with Gasteiger partial charge in [-0.2, -0.15) is 0 Å². The number of imidazole rings is 2. The Morgan fingerprint density at radius 2 is 1.83 bits per heavy atom. The second kappa shape index (κ2) is 9.90. The van der Waals surface area contributed by atoms with E-state index in [0.717, 1.165) is 0 Å². The van der Waals surface area contributed by atoms with Crippen LogP contribution in [0.15, 0.2) is 23.8 Å². The molecule has 0 aromatic carbocycles. The molecule has 2 aliphatic carbocycles. The summed E-state index contributed by atoms with van der Waals surface area (Å²) in [6.45, 7) is -3.57. The molecule has 2 saturated carbocycles. The molecule has 4 aromatic rings. The van der Waals surface area contributed by atoms with Gasteiger partial charge in [-0.25, -0.2) is 29.5 Å². The number of fused-ring (bicyclic) bond motifs is 2. The molecule has 6 N–H and O–H groups in total. The van der Waals surface area contributed by atoms with E-state index in [1.54, 1.807) is 11.5 Å². The van der Waals surface area contributed by atoms with Crippen LogP contribution in [0.3, 0.4) is 0 Å². The van der Waals surface area contributed by atoms with Crippen LogP contribution in [0.5, 0.6) is 0 Å². The number of nitrogens with one attached hydrogen (secondary N) is 1. The number of aryl methyl sites for hydroxylation is 1. The molecule has 9 rings (SSSR count). The molecule has 4 aromatic heterocycles. The molecule has 3 aliphatic heterocycles. The molecule has 47 heavy (non-hydrogen) atoms. The number of aliphatic hydroxyl groups is 1. The third kappa shape index (κ3) is 4.40. The number of ether oxygens (including phenoxy) is 2. The number of hydrogen-bond acceptors (Lipinski definition) is 16. The van der Waals surface area contributed by atoms with Gasteiger partial charge in [-0.05, 0) is 31.1 Å². The van der Waals surface area contributed by atoms with Gasteiger partial charge in [0, 0.05) is 5.41 Å². The van der Waals surface area contributed by atoms with Crippen molar-refractivity contribution in [3.8, 4) is 0 Å². The predicted octanol–water partition coefficient (Wildman–Crippen LogP) is -0.427. The highest BCUT2D eigenvalue weighted by molar-refractivity contribution is 8.07. The van der Waals surface area contributed by atoms with E-state index in [0.29, 0.717) is 23.4 Å². The minimum absolute atomic E-state index is 0.0484. The number of nitrogens with two attached hydrogens (primary N) is 1. The van der Waals surface area contributed by atoms with E-state index in [9.17, 15) is 24.3 Å².